The number of nitrogens with one attached hydrogen (secondary N) is 1. The van der Waals surface area contributed by atoms with E-state index in [1.165, 1.54) is 11.0 Å². The van der Waals surface area contributed by atoms with Gasteiger partial charge >= 0.3 is 6.03 Å². The van der Waals surface area contributed by atoms with Gasteiger partial charge in [0.25, 0.3) is 0 Å². The van der Waals surface area contributed by atoms with Crippen LogP contribution in [0.3, 0.4) is 0 Å². The van der Waals surface area contributed by atoms with Crippen LogP contribution >= 0.6 is 0 Å². The van der Waals surface area contributed by atoms with Crippen LogP contribution in [0.2, 0.25) is 0 Å². The minimum Gasteiger partial charge on any atom is -0.332 e. The van der Waals surface area contributed by atoms with Gasteiger partial charge in [-0.15, -0.1) is 0 Å². The average molecular weight is 383 g/mol. The third kappa shape index (κ3) is 5.56. The molecule has 0 radical (unpaired) electrons. The van der Waals surface area contributed by atoms with Crippen LogP contribution < -0.4 is 5.32 Å². The Bertz CT molecular complexity index is 736. The molecule has 0 spiro atoms. The summed E-state index contributed by atoms with van der Waals surface area (Å²) < 4.78 is 36.9. The highest BCUT2D eigenvalue weighted by Crippen LogP contribution is 2.37. The van der Waals surface area contributed by atoms with E-state index in [-0.39, 0.29) is 24.5 Å². The maximum Gasteiger partial charge on any atom is 0.318 e. The largest absolute Gasteiger partial charge is 0.332 e. The molecule has 26 heavy (non-hydrogen) atoms. The molecule has 0 bridgehead atoms. The SMILES string of the molecule is CC[C@@H]1C[C@H](c2ccccc2)N(C(=O)NC(C)/C=C/S(C)(=O)=O)C[C@@H]1F. The molecule has 1 aliphatic heterocycles. The molecule has 2 rings (SSSR count). The van der Waals surface area contributed by atoms with E-state index >= 15 is 0 Å². The predicted molar refractivity (Wildman–Crippen MR) is 101 cm³/mol. The Labute approximate surface area is 155 Å². The highest BCUT2D eigenvalue weighted by molar-refractivity contribution is 7.93. The Kier molecular flexibility index (Phi) is 6.81. The van der Waals surface area contributed by atoms with Crippen molar-refractivity contribution in [3.8, 4) is 0 Å². The maximum absolute atomic E-state index is 14.5. The molecule has 0 aromatic heterocycles. The summed E-state index contributed by atoms with van der Waals surface area (Å²) in [5.74, 6) is -0.0770. The third-order valence-electron chi connectivity index (χ3n) is 4.72. The van der Waals surface area contributed by atoms with Crippen molar-refractivity contribution in [2.45, 2.75) is 44.9 Å². The zero-order valence-corrected chi connectivity index (χ0v) is 16.2. The van der Waals surface area contributed by atoms with Gasteiger partial charge in [-0.2, -0.15) is 0 Å². The normalized spacial score (nSPS) is 25.2. The first-order chi connectivity index (χ1) is 12.2. The summed E-state index contributed by atoms with van der Waals surface area (Å²) in [6.45, 7) is 3.68. The van der Waals surface area contributed by atoms with E-state index in [0.29, 0.717) is 6.42 Å². The highest BCUT2D eigenvalue weighted by Gasteiger charge is 2.38. The molecule has 5 nitrogen and oxygen atoms in total. The quantitative estimate of drug-likeness (QED) is 0.848. The van der Waals surface area contributed by atoms with E-state index in [9.17, 15) is 17.6 Å². The van der Waals surface area contributed by atoms with Crippen molar-refractivity contribution in [3.05, 3.63) is 47.4 Å². The number of sulfone groups is 1. The molecule has 1 fully saturated rings. The van der Waals surface area contributed by atoms with Gasteiger partial charge in [-0.1, -0.05) is 49.8 Å². The van der Waals surface area contributed by atoms with Crippen LogP contribution in [-0.4, -0.2) is 44.4 Å². The predicted octanol–water partition coefficient (Wildman–Crippen LogP) is 3.45. The second-order valence-corrected chi connectivity index (χ2v) is 8.83. The third-order valence-corrected chi connectivity index (χ3v) is 5.37. The molecule has 1 unspecified atom stereocenters. The van der Waals surface area contributed by atoms with E-state index in [4.69, 9.17) is 0 Å². The number of amides is 2. The summed E-state index contributed by atoms with van der Waals surface area (Å²) in [6.07, 6.45) is 2.74. The lowest BCUT2D eigenvalue weighted by Crippen LogP contribution is -2.51. The van der Waals surface area contributed by atoms with Crippen LogP contribution in [-0.2, 0) is 9.84 Å². The Balaban J connectivity index is 2.17. The number of rotatable bonds is 5. The van der Waals surface area contributed by atoms with Crippen molar-refractivity contribution in [2.75, 3.05) is 12.8 Å². The summed E-state index contributed by atoms with van der Waals surface area (Å²) in [6, 6.07) is 8.56. The summed E-state index contributed by atoms with van der Waals surface area (Å²) in [5.41, 5.74) is 0.979. The van der Waals surface area contributed by atoms with E-state index < -0.39 is 22.1 Å². The molecule has 4 atom stereocenters. The van der Waals surface area contributed by atoms with Crippen LogP contribution in [0.5, 0.6) is 0 Å². The summed E-state index contributed by atoms with van der Waals surface area (Å²) in [4.78, 5) is 14.2. The highest BCUT2D eigenvalue weighted by atomic mass is 32.2. The van der Waals surface area contributed by atoms with Crippen molar-refractivity contribution in [2.24, 2.45) is 5.92 Å². The van der Waals surface area contributed by atoms with Crippen molar-refractivity contribution in [3.63, 3.8) is 0 Å². The van der Waals surface area contributed by atoms with Gasteiger partial charge in [0.1, 0.15) is 6.17 Å². The Morgan fingerprint density at radius 3 is 2.62 bits per heavy atom. The molecule has 1 aromatic rings. The number of benzene rings is 1. The first-order valence-electron chi connectivity index (χ1n) is 8.85. The van der Waals surface area contributed by atoms with E-state index in [0.717, 1.165) is 23.6 Å². The lowest BCUT2D eigenvalue weighted by molar-refractivity contribution is 0.0581. The number of urea groups is 1. The van der Waals surface area contributed by atoms with Crippen molar-refractivity contribution >= 4 is 15.9 Å². The minimum absolute atomic E-state index is 0.0341. The molecule has 1 aliphatic rings. The monoisotopic (exact) mass is 382 g/mol. The number of hydrogen-bond acceptors (Lipinski definition) is 3. The van der Waals surface area contributed by atoms with Gasteiger partial charge in [-0.25, -0.2) is 17.6 Å². The van der Waals surface area contributed by atoms with Gasteiger partial charge in [0.2, 0.25) is 0 Å². The van der Waals surface area contributed by atoms with Gasteiger partial charge in [0.15, 0.2) is 9.84 Å². The minimum atomic E-state index is -3.26. The van der Waals surface area contributed by atoms with E-state index in [2.05, 4.69) is 5.32 Å². The smallest absolute Gasteiger partial charge is 0.318 e. The maximum atomic E-state index is 14.5. The first-order valence-corrected chi connectivity index (χ1v) is 10.8. The van der Waals surface area contributed by atoms with Gasteiger partial charge in [-0.05, 0) is 24.8 Å². The summed E-state index contributed by atoms with van der Waals surface area (Å²) in [5, 5.41) is 3.81. The number of likely N-dealkylation sites (tertiary alicyclic amines) is 1. The standard InChI is InChI=1S/C19H27FN2O3S/c1-4-15-12-18(16-8-6-5-7-9-16)22(13-17(15)20)19(23)21-14(2)10-11-26(3,24)25/h5-11,14-15,17-18H,4,12-13H2,1-3H3,(H,21,23)/b11-10+/t14?,15-,17+,18-/m1/s1. The number of halogens is 1. The van der Waals surface area contributed by atoms with Crippen LogP contribution in [0.15, 0.2) is 41.8 Å². The van der Waals surface area contributed by atoms with Crippen molar-refractivity contribution in [1.82, 2.24) is 10.2 Å². The molecular weight excluding hydrogens is 355 g/mol. The fraction of sp³-hybridized carbons (Fsp3) is 0.526. The zero-order chi connectivity index (χ0) is 19.3. The van der Waals surface area contributed by atoms with Crippen LogP contribution in [0.25, 0.3) is 0 Å². The molecule has 2 amide bonds. The summed E-state index contributed by atoms with van der Waals surface area (Å²) >= 11 is 0. The molecule has 7 heteroatoms. The topological polar surface area (TPSA) is 66.5 Å². The van der Waals surface area contributed by atoms with Gasteiger partial charge in [0, 0.05) is 17.7 Å². The zero-order valence-electron chi connectivity index (χ0n) is 15.4. The van der Waals surface area contributed by atoms with E-state index in [1.807, 2.05) is 37.3 Å². The Hall–Kier alpha value is -1.89. The molecule has 0 saturated carbocycles. The second-order valence-electron chi connectivity index (χ2n) is 6.90. The molecule has 144 valence electrons. The summed E-state index contributed by atoms with van der Waals surface area (Å²) in [7, 11) is -3.26. The Morgan fingerprint density at radius 1 is 1.38 bits per heavy atom. The number of nitrogens with zero attached hydrogens (tertiary/aromatic N) is 1. The Morgan fingerprint density at radius 2 is 2.04 bits per heavy atom. The van der Waals surface area contributed by atoms with Crippen molar-refractivity contribution in [1.29, 1.82) is 0 Å². The first kappa shape index (κ1) is 20.4. The molecule has 0 aliphatic carbocycles. The fourth-order valence-corrected chi connectivity index (χ4v) is 3.77. The number of alkyl halides is 1. The van der Waals surface area contributed by atoms with Crippen LogP contribution in [0, 0.1) is 5.92 Å². The van der Waals surface area contributed by atoms with Crippen LogP contribution in [0.1, 0.15) is 38.3 Å². The van der Waals surface area contributed by atoms with E-state index in [1.54, 1.807) is 6.92 Å². The average Bonchev–Trinajstić information content (AvgIpc) is 2.60. The lowest BCUT2D eigenvalue weighted by atomic mass is 9.84. The lowest BCUT2D eigenvalue weighted by Gasteiger charge is -2.41. The molecule has 1 saturated heterocycles. The number of hydrogen-bond donors (Lipinski definition) is 1. The van der Waals surface area contributed by atoms with Crippen molar-refractivity contribution < 1.29 is 17.6 Å². The number of carbonyl (C=O) groups is 1. The molecule has 1 N–H and O–H groups in total. The molecule has 1 heterocycles. The van der Waals surface area contributed by atoms with Crippen LogP contribution in [0.4, 0.5) is 9.18 Å². The van der Waals surface area contributed by atoms with Gasteiger partial charge in [0.05, 0.1) is 12.6 Å². The number of carbonyl (C=O) groups excluding carboxylic acids is 1. The fourth-order valence-electron chi connectivity index (χ4n) is 3.25. The van der Waals surface area contributed by atoms with Gasteiger partial charge < -0.3 is 10.2 Å². The molecular formula is C19H27FN2O3S. The second kappa shape index (κ2) is 8.66. The number of piperidine rings is 1. The van der Waals surface area contributed by atoms with Gasteiger partial charge in [-0.3, -0.25) is 0 Å². The molecule has 1 aromatic carbocycles.